The van der Waals surface area contributed by atoms with Crippen LogP contribution in [0.1, 0.15) is 32.6 Å². The molecule has 26 heavy (non-hydrogen) atoms. The molecule has 142 valence electrons. The number of carbonyl (C=O) groups is 1. The van der Waals surface area contributed by atoms with Crippen molar-refractivity contribution in [2.45, 2.75) is 38.4 Å². The van der Waals surface area contributed by atoms with Crippen molar-refractivity contribution in [1.82, 2.24) is 14.8 Å². The third-order valence-electron chi connectivity index (χ3n) is 3.65. The predicted molar refractivity (Wildman–Crippen MR) is 104 cm³/mol. The number of carbonyl (C=O) groups excluding carboxylic acids is 1. The highest BCUT2D eigenvalue weighted by Gasteiger charge is 2.17. The fraction of sp³-hybridized carbons (Fsp3) is 0.471. The van der Waals surface area contributed by atoms with Gasteiger partial charge in [-0.3, -0.25) is 4.79 Å². The topological polar surface area (TPSA) is 78.3 Å². The van der Waals surface area contributed by atoms with Gasteiger partial charge in [0.2, 0.25) is 5.91 Å². The molecular formula is C17H23ClN4O3S. The summed E-state index contributed by atoms with van der Waals surface area (Å²) in [4.78, 5) is 12.4. The van der Waals surface area contributed by atoms with Crippen LogP contribution in [-0.2, 0) is 11.2 Å². The van der Waals surface area contributed by atoms with Gasteiger partial charge in [-0.2, -0.15) is 0 Å². The summed E-state index contributed by atoms with van der Waals surface area (Å²) in [5.74, 6) is 1.85. The molecular weight excluding hydrogens is 376 g/mol. The van der Waals surface area contributed by atoms with Gasteiger partial charge < -0.3 is 19.4 Å². The van der Waals surface area contributed by atoms with Crippen LogP contribution in [0.4, 0.5) is 5.69 Å². The Balaban J connectivity index is 2.10. The zero-order valence-electron chi connectivity index (χ0n) is 15.5. The molecule has 0 atom stereocenters. The summed E-state index contributed by atoms with van der Waals surface area (Å²) < 4.78 is 12.5. The molecule has 1 amide bonds. The van der Waals surface area contributed by atoms with Crippen LogP contribution < -0.4 is 14.8 Å². The van der Waals surface area contributed by atoms with Gasteiger partial charge in [-0.15, -0.1) is 10.2 Å². The van der Waals surface area contributed by atoms with Gasteiger partial charge in [0, 0.05) is 24.6 Å². The average Bonchev–Trinajstić information content (AvgIpc) is 3.04. The summed E-state index contributed by atoms with van der Waals surface area (Å²) in [6.07, 6.45) is 0.791. The van der Waals surface area contributed by atoms with Gasteiger partial charge >= 0.3 is 0 Å². The number of halogens is 1. The number of anilines is 1. The second-order valence-corrected chi connectivity index (χ2v) is 7.09. The van der Waals surface area contributed by atoms with Crippen LogP contribution in [0.5, 0.6) is 11.5 Å². The van der Waals surface area contributed by atoms with E-state index < -0.39 is 0 Å². The number of hydrogen-bond acceptors (Lipinski definition) is 6. The van der Waals surface area contributed by atoms with Crippen molar-refractivity contribution in [3.05, 3.63) is 23.0 Å². The number of thioether (sulfide) groups is 1. The predicted octanol–water partition coefficient (Wildman–Crippen LogP) is 3.82. The Hall–Kier alpha value is -1.93. The lowest BCUT2D eigenvalue weighted by molar-refractivity contribution is -0.113. The van der Waals surface area contributed by atoms with Crippen molar-refractivity contribution in [2.24, 2.45) is 0 Å². The summed E-state index contributed by atoms with van der Waals surface area (Å²) in [5.41, 5.74) is 0.499. The number of nitrogens with one attached hydrogen (secondary N) is 1. The molecule has 1 heterocycles. The largest absolute Gasteiger partial charge is 0.495 e. The highest BCUT2D eigenvalue weighted by Crippen LogP contribution is 2.36. The van der Waals surface area contributed by atoms with Crippen molar-refractivity contribution in [1.29, 1.82) is 0 Å². The van der Waals surface area contributed by atoms with Crippen molar-refractivity contribution < 1.29 is 14.3 Å². The number of aryl methyl sites for hydroxylation is 1. The molecule has 0 aliphatic heterocycles. The van der Waals surface area contributed by atoms with Crippen LogP contribution in [0, 0.1) is 0 Å². The number of hydrogen-bond donors (Lipinski definition) is 1. The maximum absolute atomic E-state index is 12.4. The first kappa shape index (κ1) is 20.4. The lowest BCUT2D eigenvalue weighted by Gasteiger charge is -2.14. The maximum Gasteiger partial charge on any atom is 0.234 e. The second kappa shape index (κ2) is 9.14. The first-order valence-electron chi connectivity index (χ1n) is 8.19. The van der Waals surface area contributed by atoms with E-state index in [1.807, 2.05) is 11.5 Å². The molecule has 7 nitrogen and oxygen atoms in total. The molecule has 1 N–H and O–H groups in total. The molecule has 0 unspecified atom stereocenters. The molecule has 0 spiro atoms. The molecule has 0 aliphatic carbocycles. The molecule has 9 heteroatoms. The summed E-state index contributed by atoms with van der Waals surface area (Å²) in [6, 6.07) is 3.47. The average molecular weight is 399 g/mol. The standard InChI is InChI=1S/C17H23ClN4O3S/c1-6-15-20-21-17(22(15)10(2)3)26-9-16(23)19-12-8-13(24-4)11(18)7-14(12)25-5/h7-8,10H,6,9H2,1-5H3,(H,19,23). The number of methoxy groups -OCH3 is 2. The summed E-state index contributed by atoms with van der Waals surface area (Å²) in [5, 5.41) is 12.3. The molecule has 1 aromatic carbocycles. The van der Waals surface area contributed by atoms with Crippen LogP contribution in [0.2, 0.25) is 5.02 Å². The SMILES string of the molecule is CCc1nnc(SCC(=O)Nc2cc(OC)c(Cl)cc2OC)n1C(C)C. The van der Waals surface area contributed by atoms with Gasteiger partial charge in [-0.1, -0.05) is 30.3 Å². The van der Waals surface area contributed by atoms with Crippen molar-refractivity contribution in [2.75, 3.05) is 25.3 Å². The Morgan fingerprint density at radius 2 is 1.96 bits per heavy atom. The molecule has 0 saturated carbocycles. The Morgan fingerprint density at radius 1 is 1.27 bits per heavy atom. The Kier molecular flexibility index (Phi) is 7.16. The van der Waals surface area contributed by atoms with E-state index in [0.717, 1.165) is 17.4 Å². The first-order chi connectivity index (χ1) is 12.4. The lowest BCUT2D eigenvalue weighted by atomic mass is 10.2. The number of aromatic nitrogens is 3. The Morgan fingerprint density at radius 3 is 2.54 bits per heavy atom. The van der Waals surface area contributed by atoms with Gasteiger partial charge in [0.1, 0.15) is 17.3 Å². The minimum absolute atomic E-state index is 0.186. The Labute approximate surface area is 162 Å². The quantitative estimate of drug-likeness (QED) is 0.681. The van der Waals surface area contributed by atoms with Gasteiger partial charge in [0.25, 0.3) is 0 Å². The molecule has 1 aromatic heterocycles. The number of benzene rings is 1. The molecule has 2 rings (SSSR count). The highest BCUT2D eigenvalue weighted by molar-refractivity contribution is 7.99. The van der Waals surface area contributed by atoms with Crippen molar-refractivity contribution >= 4 is 35.0 Å². The monoisotopic (exact) mass is 398 g/mol. The van der Waals surface area contributed by atoms with Gasteiger partial charge in [0.05, 0.1) is 30.7 Å². The van der Waals surface area contributed by atoms with Crippen LogP contribution in [-0.4, -0.2) is 40.6 Å². The summed E-state index contributed by atoms with van der Waals surface area (Å²) in [6.45, 7) is 6.17. The number of nitrogens with zero attached hydrogens (tertiary/aromatic N) is 3. The molecule has 0 radical (unpaired) electrons. The first-order valence-corrected chi connectivity index (χ1v) is 9.55. The van der Waals surface area contributed by atoms with Crippen molar-refractivity contribution in [3.63, 3.8) is 0 Å². The lowest BCUT2D eigenvalue weighted by Crippen LogP contribution is -2.16. The minimum atomic E-state index is -0.186. The van der Waals surface area contributed by atoms with E-state index >= 15 is 0 Å². The number of ether oxygens (including phenoxy) is 2. The third kappa shape index (κ3) is 4.62. The fourth-order valence-corrected chi connectivity index (χ4v) is 3.56. The van der Waals surface area contributed by atoms with E-state index in [2.05, 4.69) is 29.4 Å². The maximum atomic E-state index is 12.4. The smallest absolute Gasteiger partial charge is 0.234 e. The molecule has 0 bridgehead atoms. The van der Waals surface area contributed by atoms with E-state index in [-0.39, 0.29) is 17.7 Å². The number of amides is 1. The van der Waals surface area contributed by atoms with E-state index in [0.29, 0.717) is 22.2 Å². The summed E-state index contributed by atoms with van der Waals surface area (Å²) >= 11 is 7.43. The van der Waals surface area contributed by atoms with Gasteiger partial charge in [-0.05, 0) is 13.8 Å². The molecule has 0 saturated heterocycles. The third-order valence-corrected chi connectivity index (χ3v) is 4.89. The van der Waals surface area contributed by atoms with Crippen LogP contribution in [0.25, 0.3) is 0 Å². The number of rotatable bonds is 8. The highest BCUT2D eigenvalue weighted by atomic mass is 35.5. The zero-order chi connectivity index (χ0) is 19.3. The molecule has 0 fully saturated rings. The normalized spacial score (nSPS) is 10.9. The van der Waals surface area contributed by atoms with E-state index in [1.54, 1.807) is 12.1 Å². The van der Waals surface area contributed by atoms with E-state index in [9.17, 15) is 4.79 Å². The van der Waals surface area contributed by atoms with Crippen molar-refractivity contribution in [3.8, 4) is 11.5 Å². The zero-order valence-corrected chi connectivity index (χ0v) is 17.1. The van der Waals surface area contributed by atoms with E-state index in [4.69, 9.17) is 21.1 Å². The second-order valence-electron chi connectivity index (χ2n) is 5.74. The molecule has 0 aliphatic rings. The van der Waals surface area contributed by atoms with Gasteiger partial charge in [0.15, 0.2) is 5.16 Å². The van der Waals surface area contributed by atoms with Gasteiger partial charge in [-0.25, -0.2) is 0 Å². The van der Waals surface area contributed by atoms with Crippen LogP contribution >= 0.6 is 23.4 Å². The fourth-order valence-electron chi connectivity index (χ4n) is 2.44. The van der Waals surface area contributed by atoms with Crippen LogP contribution in [0.15, 0.2) is 17.3 Å². The Bertz CT molecular complexity index is 780. The van der Waals surface area contributed by atoms with Crippen LogP contribution in [0.3, 0.4) is 0 Å². The molecule has 2 aromatic rings. The summed E-state index contributed by atoms with van der Waals surface area (Å²) in [7, 11) is 3.03. The van der Waals surface area contributed by atoms with E-state index in [1.165, 1.54) is 26.0 Å². The minimum Gasteiger partial charge on any atom is -0.495 e.